The fourth-order valence-electron chi connectivity index (χ4n) is 5.28. The first-order valence-corrected chi connectivity index (χ1v) is 10.9. The second-order valence-electron chi connectivity index (χ2n) is 8.81. The van der Waals surface area contributed by atoms with Gasteiger partial charge in [-0.3, -0.25) is 14.8 Å². The number of alkyl halides is 3. The maximum Gasteiger partial charge on any atom is 0.433 e. The monoisotopic (exact) mass is 430 g/mol. The Morgan fingerprint density at radius 2 is 1.90 bits per heavy atom. The van der Waals surface area contributed by atoms with Crippen LogP contribution >= 0.6 is 0 Å². The summed E-state index contributed by atoms with van der Waals surface area (Å²) in [5.41, 5.74) is 5.67. The van der Waals surface area contributed by atoms with E-state index in [0.717, 1.165) is 30.3 Å². The van der Waals surface area contributed by atoms with Crippen molar-refractivity contribution in [3.05, 3.63) is 52.1 Å². The number of halogens is 3. The van der Waals surface area contributed by atoms with Gasteiger partial charge in [0.25, 0.3) is 0 Å². The molecule has 0 spiro atoms. The van der Waals surface area contributed by atoms with Crippen molar-refractivity contribution < 1.29 is 18.0 Å². The zero-order valence-corrected chi connectivity index (χ0v) is 17.5. The molecule has 164 valence electrons. The number of amides is 1. The summed E-state index contributed by atoms with van der Waals surface area (Å²) in [4.78, 5) is 25.2. The van der Waals surface area contributed by atoms with Crippen molar-refractivity contribution in [2.24, 2.45) is 5.92 Å². The summed E-state index contributed by atoms with van der Waals surface area (Å²) in [5.74, 6) is -0.137. The van der Waals surface area contributed by atoms with Gasteiger partial charge < -0.3 is 9.80 Å². The van der Waals surface area contributed by atoms with Crippen molar-refractivity contribution in [1.29, 1.82) is 0 Å². The van der Waals surface area contributed by atoms with E-state index in [4.69, 9.17) is 4.98 Å². The minimum Gasteiger partial charge on any atom is -0.371 e. The molecule has 0 saturated carbocycles. The lowest BCUT2D eigenvalue weighted by Gasteiger charge is -2.22. The highest BCUT2D eigenvalue weighted by Gasteiger charge is 2.37. The number of carbonyl (C=O) groups excluding carboxylic acids is 1. The molecule has 5 nitrogen and oxygen atoms in total. The second kappa shape index (κ2) is 7.50. The van der Waals surface area contributed by atoms with E-state index in [1.807, 2.05) is 9.80 Å². The van der Waals surface area contributed by atoms with Crippen LogP contribution in [0.2, 0.25) is 0 Å². The lowest BCUT2D eigenvalue weighted by molar-refractivity contribution is -0.141. The Hall–Kier alpha value is -2.64. The minimum absolute atomic E-state index is 0.0767. The molecule has 3 aliphatic rings. The molecule has 0 N–H and O–H groups in total. The molecule has 0 aromatic carbocycles. The molecule has 4 heterocycles. The van der Waals surface area contributed by atoms with Gasteiger partial charge in [0.15, 0.2) is 0 Å². The van der Waals surface area contributed by atoms with E-state index in [0.29, 0.717) is 38.3 Å². The van der Waals surface area contributed by atoms with Crippen LogP contribution in [0.3, 0.4) is 0 Å². The topological polar surface area (TPSA) is 49.3 Å². The number of rotatable bonds is 2. The number of hydrogen-bond acceptors (Lipinski definition) is 4. The Morgan fingerprint density at radius 1 is 1.13 bits per heavy atom. The fourth-order valence-corrected chi connectivity index (χ4v) is 5.28. The zero-order valence-electron chi connectivity index (χ0n) is 17.5. The quantitative estimate of drug-likeness (QED) is 0.721. The van der Waals surface area contributed by atoms with Gasteiger partial charge in [-0.1, -0.05) is 0 Å². The third kappa shape index (κ3) is 3.66. The zero-order chi connectivity index (χ0) is 21.8. The molecule has 2 aromatic rings. The summed E-state index contributed by atoms with van der Waals surface area (Å²) in [5, 5.41) is 0. The van der Waals surface area contributed by atoms with Gasteiger partial charge in [0, 0.05) is 37.2 Å². The number of carbonyl (C=O) groups is 1. The van der Waals surface area contributed by atoms with Crippen molar-refractivity contribution >= 4 is 11.6 Å². The van der Waals surface area contributed by atoms with Gasteiger partial charge in [-0.15, -0.1) is 0 Å². The van der Waals surface area contributed by atoms with Crippen LogP contribution in [0.1, 0.15) is 53.0 Å². The van der Waals surface area contributed by atoms with E-state index in [9.17, 15) is 18.0 Å². The molecule has 1 fully saturated rings. The summed E-state index contributed by atoms with van der Waals surface area (Å²) in [6.07, 6.45) is 1.85. The van der Waals surface area contributed by atoms with E-state index in [1.165, 1.54) is 35.7 Å². The highest BCUT2D eigenvalue weighted by molar-refractivity contribution is 5.81. The van der Waals surface area contributed by atoms with Crippen LogP contribution < -0.4 is 4.90 Å². The van der Waals surface area contributed by atoms with E-state index < -0.39 is 11.9 Å². The number of hydrogen-bond donors (Lipinski definition) is 0. The molecule has 0 radical (unpaired) electrons. The number of aromatic nitrogens is 2. The summed E-state index contributed by atoms with van der Waals surface area (Å²) >= 11 is 0. The molecule has 0 bridgehead atoms. The van der Waals surface area contributed by atoms with Gasteiger partial charge in [-0.05, 0) is 67.9 Å². The van der Waals surface area contributed by atoms with Crippen molar-refractivity contribution in [3.63, 3.8) is 0 Å². The molecule has 2 aliphatic heterocycles. The molecule has 2 aromatic heterocycles. The van der Waals surface area contributed by atoms with Gasteiger partial charge in [-0.25, -0.2) is 0 Å². The lowest BCUT2D eigenvalue weighted by Crippen LogP contribution is -2.34. The maximum atomic E-state index is 13.3. The van der Waals surface area contributed by atoms with Crippen LogP contribution in [0.5, 0.6) is 0 Å². The highest BCUT2D eigenvalue weighted by Crippen LogP contribution is 2.35. The SMILES string of the molecule is Cc1nc2c(c3c1CCCC3)CN(C(=O)[C@@H]1CCN(c3ccnc(C(F)(F)F)c3)C1)C2. The van der Waals surface area contributed by atoms with Crippen LogP contribution in [0, 0.1) is 12.8 Å². The average molecular weight is 430 g/mol. The molecule has 5 rings (SSSR count). The van der Waals surface area contributed by atoms with E-state index in [1.54, 1.807) is 6.07 Å². The lowest BCUT2D eigenvalue weighted by atomic mass is 9.87. The standard InChI is InChI=1S/C23H25F3N4O/c1-14-17-4-2-3-5-18(17)19-12-30(13-20(19)28-14)22(31)15-7-9-29(11-15)16-6-8-27-21(10-16)23(24,25)26/h6,8,10,15H,2-5,7,9,11-13H2,1H3/t15-/m1/s1. The highest BCUT2D eigenvalue weighted by atomic mass is 19.4. The first kappa shape index (κ1) is 20.3. The number of nitrogens with zero attached hydrogens (tertiary/aromatic N) is 4. The Morgan fingerprint density at radius 3 is 2.68 bits per heavy atom. The van der Waals surface area contributed by atoms with Gasteiger partial charge in [-0.2, -0.15) is 13.2 Å². The Bertz CT molecular complexity index is 1040. The van der Waals surface area contributed by atoms with Gasteiger partial charge in [0.2, 0.25) is 5.91 Å². The number of aryl methyl sites for hydroxylation is 1. The summed E-state index contributed by atoms with van der Waals surface area (Å²) in [6.45, 7) is 4.19. The van der Waals surface area contributed by atoms with Crippen LogP contribution in [0.4, 0.5) is 18.9 Å². The molecule has 1 amide bonds. The molecule has 1 saturated heterocycles. The fraction of sp³-hybridized carbons (Fsp3) is 0.522. The number of anilines is 1. The van der Waals surface area contributed by atoms with Crippen LogP contribution in [-0.2, 0) is 36.9 Å². The van der Waals surface area contributed by atoms with Gasteiger partial charge >= 0.3 is 6.18 Å². The second-order valence-corrected chi connectivity index (χ2v) is 8.81. The van der Waals surface area contributed by atoms with Crippen molar-refractivity contribution in [2.45, 2.75) is 58.3 Å². The number of fused-ring (bicyclic) bond motifs is 3. The van der Waals surface area contributed by atoms with Crippen molar-refractivity contribution in [2.75, 3.05) is 18.0 Å². The first-order chi connectivity index (χ1) is 14.8. The molecular weight excluding hydrogens is 405 g/mol. The predicted molar refractivity (Wildman–Crippen MR) is 109 cm³/mol. The molecule has 31 heavy (non-hydrogen) atoms. The summed E-state index contributed by atoms with van der Waals surface area (Å²) < 4.78 is 39.0. The normalized spacial score (nSPS) is 20.7. The Balaban J connectivity index is 1.30. The van der Waals surface area contributed by atoms with E-state index in [2.05, 4.69) is 11.9 Å². The Labute approximate surface area is 179 Å². The van der Waals surface area contributed by atoms with Crippen molar-refractivity contribution in [3.8, 4) is 0 Å². The maximum absolute atomic E-state index is 13.3. The van der Waals surface area contributed by atoms with Gasteiger partial charge in [0.1, 0.15) is 5.69 Å². The molecule has 8 heteroatoms. The van der Waals surface area contributed by atoms with Crippen molar-refractivity contribution in [1.82, 2.24) is 14.9 Å². The van der Waals surface area contributed by atoms with E-state index >= 15 is 0 Å². The van der Waals surface area contributed by atoms with Crippen LogP contribution in [0.15, 0.2) is 18.3 Å². The minimum atomic E-state index is -4.48. The first-order valence-electron chi connectivity index (χ1n) is 10.9. The molecule has 1 aliphatic carbocycles. The van der Waals surface area contributed by atoms with E-state index in [-0.39, 0.29) is 11.8 Å². The number of pyridine rings is 2. The van der Waals surface area contributed by atoms with Crippen LogP contribution in [-0.4, -0.2) is 33.9 Å². The largest absolute Gasteiger partial charge is 0.433 e. The smallest absolute Gasteiger partial charge is 0.371 e. The molecule has 0 unspecified atom stereocenters. The third-order valence-corrected chi connectivity index (χ3v) is 6.86. The van der Waals surface area contributed by atoms with Gasteiger partial charge in [0.05, 0.1) is 18.2 Å². The summed E-state index contributed by atoms with van der Waals surface area (Å²) in [6, 6.07) is 2.64. The van der Waals surface area contributed by atoms with Crippen LogP contribution in [0.25, 0.3) is 0 Å². The molecule has 1 atom stereocenters. The average Bonchev–Trinajstić information content (AvgIpc) is 3.41. The third-order valence-electron chi connectivity index (χ3n) is 6.86. The Kier molecular flexibility index (Phi) is 4.90. The summed E-state index contributed by atoms with van der Waals surface area (Å²) in [7, 11) is 0. The molecular formula is C23H25F3N4O. The predicted octanol–water partition coefficient (Wildman–Crippen LogP) is 4.05.